The van der Waals surface area contributed by atoms with Crippen LogP contribution in [-0.2, 0) is 22.6 Å². The number of rotatable bonds is 11. The molecule has 34 heavy (non-hydrogen) atoms. The van der Waals surface area contributed by atoms with Crippen molar-refractivity contribution in [2.24, 2.45) is 9.98 Å². The Morgan fingerprint density at radius 1 is 1.15 bits per heavy atom. The molecule has 1 aliphatic heterocycles. The maximum atomic E-state index is 12.3. The van der Waals surface area contributed by atoms with Crippen molar-refractivity contribution in [3.8, 4) is 11.5 Å². The number of fused-ring (bicyclic) bond motifs is 1. The monoisotopic (exact) mass is 473 g/mol. The summed E-state index contributed by atoms with van der Waals surface area (Å²) in [5.41, 5.74) is 4.39. The van der Waals surface area contributed by atoms with Crippen LogP contribution in [0.4, 0.5) is 0 Å². The second-order valence-corrected chi connectivity index (χ2v) is 8.00. The van der Waals surface area contributed by atoms with Gasteiger partial charge in [-0.2, -0.15) is 0 Å². The lowest BCUT2D eigenvalue weighted by atomic mass is 9.99. The Kier molecular flexibility index (Phi) is 11.0. The number of hydrogen-bond acceptors (Lipinski definition) is 6. The predicted octanol–water partition coefficient (Wildman–Crippen LogP) is 2.59. The van der Waals surface area contributed by atoms with Gasteiger partial charge in [0.15, 0.2) is 11.5 Å². The van der Waals surface area contributed by atoms with E-state index in [9.17, 15) is 9.59 Å². The summed E-state index contributed by atoms with van der Waals surface area (Å²) in [5, 5.41) is 11.3. The molecule has 0 aliphatic carbocycles. The fraction of sp³-hybridized carbons (Fsp3) is 0.500. The molecule has 0 unspecified atom stereocenters. The Morgan fingerprint density at radius 3 is 2.47 bits per heavy atom. The van der Waals surface area contributed by atoms with Crippen molar-refractivity contribution >= 4 is 24.5 Å². The van der Waals surface area contributed by atoms with E-state index in [0.29, 0.717) is 49.0 Å². The first-order valence-electron chi connectivity index (χ1n) is 11.3. The smallest absolute Gasteiger partial charge is 0.248 e. The van der Waals surface area contributed by atoms with Gasteiger partial charge in [-0.1, -0.05) is 12.8 Å². The van der Waals surface area contributed by atoms with Crippen LogP contribution in [0.15, 0.2) is 33.9 Å². The van der Waals surface area contributed by atoms with Crippen molar-refractivity contribution in [1.82, 2.24) is 15.7 Å². The minimum atomic E-state index is -0.378. The minimum absolute atomic E-state index is 0.187. The van der Waals surface area contributed by atoms with Crippen LogP contribution in [0.5, 0.6) is 11.5 Å². The fourth-order valence-electron chi connectivity index (χ4n) is 3.65. The lowest BCUT2D eigenvalue weighted by Gasteiger charge is -2.30. The number of amides is 2. The van der Waals surface area contributed by atoms with Crippen LogP contribution in [0.2, 0.25) is 0 Å². The first-order valence-corrected chi connectivity index (χ1v) is 11.3. The highest BCUT2D eigenvalue weighted by Gasteiger charge is 2.21. The number of ether oxygens (including phenoxy) is 2. The molecule has 10 heteroatoms. The Hall–Kier alpha value is -3.40. The van der Waals surface area contributed by atoms with Crippen molar-refractivity contribution in [1.29, 1.82) is 0 Å². The largest absolute Gasteiger partial charge is 0.493 e. The van der Waals surface area contributed by atoms with Gasteiger partial charge in [-0.05, 0) is 56.2 Å². The van der Waals surface area contributed by atoms with Crippen molar-refractivity contribution in [3.63, 3.8) is 0 Å². The highest BCUT2D eigenvalue weighted by atomic mass is 16.5. The highest BCUT2D eigenvalue weighted by molar-refractivity contribution is 5.93. The topological polar surface area (TPSA) is 125 Å². The molecule has 2 rings (SSSR count). The molecule has 0 atom stereocenters. The van der Waals surface area contributed by atoms with E-state index in [-0.39, 0.29) is 11.8 Å². The summed E-state index contributed by atoms with van der Waals surface area (Å²) >= 11 is 0. The lowest BCUT2D eigenvalue weighted by Crippen LogP contribution is -2.35. The standard InChI is InChI=1S/C24H35N5O5/c1-17(23(31)26-11-8-6-5-7-9-22(30)28-32)15-27-24(25-2)29-12-10-18-13-20(33-3)21(34-4)14-19(18)16-29/h13-15,32H,2,5-12,16H2,1,3-4H3,(H,26,31)(H,28,30)/b17-15+,27-24?. The molecular weight excluding hydrogens is 438 g/mol. The highest BCUT2D eigenvalue weighted by Crippen LogP contribution is 2.33. The molecule has 1 heterocycles. The van der Waals surface area contributed by atoms with Gasteiger partial charge in [-0.3, -0.25) is 14.8 Å². The van der Waals surface area contributed by atoms with Crippen LogP contribution in [0, 0.1) is 0 Å². The average Bonchev–Trinajstić information content (AvgIpc) is 2.86. The Labute approximate surface area is 200 Å². The number of hydrogen-bond donors (Lipinski definition) is 3. The van der Waals surface area contributed by atoms with E-state index < -0.39 is 0 Å². The van der Waals surface area contributed by atoms with Gasteiger partial charge in [0.05, 0.1) is 14.2 Å². The van der Waals surface area contributed by atoms with Crippen LogP contribution in [0.1, 0.15) is 50.2 Å². The number of methoxy groups -OCH3 is 2. The summed E-state index contributed by atoms with van der Waals surface area (Å²) in [4.78, 5) is 33.7. The van der Waals surface area contributed by atoms with Crippen LogP contribution in [0.3, 0.4) is 0 Å². The molecule has 1 aliphatic rings. The van der Waals surface area contributed by atoms with E-state index in [4.69, 9.17) is 14.7 Å². The summed E-state index contributed by atoms with van der Waals surface area (Å²) < 4.78 is 10.8. The van der Waals surface area contributed by atoms with Gasteiger partial charge in [0, 0.05) is 37.8 Å². The van der Waals surface area contributed by atoms with Gasteiger partial charge in [0.1, 0.15) is 0 Å². The van der Waals surface area contributed by atoms with Crippen LogP contribution >= 0.6 is 0 Å². The van der Waals surface area contributed by atoms with Gasteiger partial charge in [0.25, 0.3) is 0 Å². The molecule has 0 fully saturated rings. The van der Waals surface area contributed by atoms with E-state index in [1.54, 1.807) is 26.6 Å². The number of nitrogens with one attached hydrogen (secondary N) is 2. The number of carbonyl (C=O) groups is 2. The summed E-state index contributed by atoms with van der Waals surface area (Å²) in [6.45, 7) is 7.21. The maximum Gasteiger partial charge on any atom is 0.248 e. The fourth-order valence-corrected chi connectivity index (χ4v) is 3.65. The molecule has 1 aromatic carbocycles. The molecule has 0 aromatic heterocycles. The zero-order valence-electron chi connectivity index (χ0n) is 20.2. The average molecular weight is 474 g/mol. The van der Waals surface area contributed by atoms with Gasteiger partial charge < -0.3 is 19.7 Å². The molecule has 2 amide bonds. The molecule has 10 nitrogen and oxygen atoms in total. The van der Waals surface area contributed by atoms with E-state index in [2.05, 4.69) is 22.0 Å². The van der Waals surface area contributed by atoms with Crippen molar-refractivity contribution in [2.45, 2.75) is 52.0 Å². The number of unbranched alkanes of at least 4 members (excludes halogenated alkanes) is 3. The normalized spacial score (nSPS) is 13.7. The van der Waals surface area contributed by atoms with E-state index in [0.717, 1.165) is 37.8 Å². The molecule has 0 radical (unpaired) electrons. The molecular formula is C24H35N5O5. The zero-order valence-corrected chi connectivity index (χ0v) is 20.2. The molecule has 0 saturated heterocycles. The maximum absolute atomic E-state index is 12.3. The number of benzene rings is 1. The quantitative estimate of drug-likeness (QED) is 0.113. The van der Waals surface area contributed by atoms with Crippen molar-refractivity contribution in [3.05, 3.63) is 35.0 Å². The van der Waals surface area contributed by atoms with Crippen LogP contribution in [0.25, 0.3) is 0 Å². The third-order valence-corrected chi connectivity index (χ3v) is 5.62. The number of guanidine groups is 1. The second-order valence-electron chi connectivity index (χ2n) is 8.00. The van der Waals surface area contributed by atoms with Gasteiger partial charge in [-0.15, -0.1) is 0 Å². The third-order valence-electron chi connectivity index (χ3n) is 5.62. The summed E-state index contributed by atoms with van der Waals surface area (Å²) in [6.07, 6.45) is 5.87. The van der Waals surface area contributed by atoms with Gasteiger partial charge in [-0.25, -0.2) is 15.5 Å². The molecule has 3 N–H and O–H groups in total. The molecule has 1 aromatic rings. The van der Waals surface area contributed by atoms with Crippen LogP contribution < -0.4 is 20.3 Å². The Morgan fingerprint density at radius 2 is 1.82 bits per heavy atom. The van der Waals surface area contributed by atoms with Crippen LogP contribution in [-0.4, -0.2) is 61.9 Å². The summed E-state index contributed by atoms with van der Waals surface area (Å²) in [6, 6.07) is 3.97. The van der Waals surface area contributed by atoms with E-state index >= 15 is 0 Å². The Bertz CT molecular complexity index is 929. The molecule has 186 valence electrons. The number of hydroxylamine groups is 1. The van der Waals surface area contributed by atoms with Gasteiger partial charge in [0.2, 0.25) is 17.8 Å². The van der Waals surface area contributed by atoms with Crippen molar-refractivity contribution < 1.29 is 24.3 Å². The van der Waals surface area contributed by atoms with E-state index in [1.807, 2.05) is 17.0 Å². The minimum Gasteiger partial charge on any atom is -0.493 e. The number of nitrogens with zero attached hydrogens (tertiary/aromatic N) is 3. The van der Waals surface area contributed by atoms with Crippen molar-refractivity contribution in [2.75, 3.05) is 27.3 Å². The lowest BCUT2D eigenvalue weighted by molar-refractivity contribution is -0.129. The molecule has 0 bridgehead atoms. The summed E-state index contributed by atoms with van der Waals surface area (Å²) in [7, 11) is 3.24. The van der Waals surface area contributed by atoms with Gasteiger partial charge >= 0.3 is 0 Å². The SMILES string of the molecule is C=NC(=N/C=C(\C)C(=O)NCCCCCCC(=O)NO)N1CCc2cc(OC)c(OC)cc2C1. The first kappa shape index (κ1) is 26.8. The number of aliphatic imine (C=N–C) groups is 2. The number of carbonyl (C=O) groups excluding carboxylic acids is 2. The molecule has 0 spiro atoms. The van der Waals surface area contributed by atoms with E-state index in [1.165, 1.54) is 11.8 Å². The molecule has 0 saturated carbocycles. The zero-order chi connectivity index (χ0) is 24.9. The predicted molar refractivity (Wildman–Crippen MR) is 130 cm³/mol. The summed E-state index contributed by atoms with van der Waals surface area (Å²) in [5.74, 6) is 1.28. The first-order chi connectivity index (χ1) is 16.4. The Balaban J connectivity index is 1.87. The third kappa shape index (κ3) is 7.87. The second kappa shape index (κ2) is 14.0.